The van der Waals surface area contributed by atoms with Gasteiger partial charge in [-0.3, -0.25) is 0 Å². The van der Waals surface area contributed by atoms with Gasteiger partial charge in [0, 0.05) is 11.3 Å². The van der Waals surface area contributed by atoms with Gasteiger partial charge in [0.2, 0.25) is 0 Å². The van der Waals surface area contributed by atoms with Gasteiger partial charge in [-0.2, -0.15) is 0 Å². The van der Waals surface area contributed by atoms with Gasteiger partial charge in [0.25, 0.3) is 0 Å². The monoisotopic (exact) mass is 182 g/mol. The summed E-state index contributed by atoms with van der Waals surface area (Å²) < 4.78 is 0. The normalized spacial score (nSPS) is 27.4. The van der Waals surface area contributed by atoms with Crippen LogP contribution in [-0.4, -0.2) is 18.1 Å². The van der Waals surface area contributed by atoms with Gasteiger partial charge < -0.3 is 5.32 Å². The molecule has 66 valence electrons. The van der Waals surface area contributed by atoms with Crippen molar-refractivity contribution in [2.45, 2.75) is 19.3 Å². The number of hydrogen-bond acceptors (Lipinski definition) is 3. The van der Waals surface area contributed by atoms with Crippen LogP contribution >= 0.6 is 11.3 Å². The molecule has 2 nitrogen and oxygen atoms in total. The first-order valence-corrected chi connectivity index (χ1v) is 5.45. The summed E-state index contributed by atoms with van der Waals surface area (Å²) in [6.45, 7) is 4.40. The van der Waals surface area contributed by atoms with Gasteiger partial charge in [-0.15, -0.1) is 11.3 Å². The summed E-state index contributed by atoms with van der Waals surface area (Å²) in [5.41, 5.74) is 3.24. The third-order valence-corrected chi connectivity index (χ3v) is 3.02. The van der Waals surface area contributed by atoms with Crippen molar-refractivity contribution in [3.05, 3.63) is 16.6 Å². The molecule has 0 bridgehead atoms. The molecule has 1 fully saturated rings. The molecule has 1 saturated carbocycles. The fourth-order valence-corrected chi connectivity index (χ4v) is 2.19. The minimum Gasteiger partial charge on any atom is -0.317 e. The lowest BCUT2D eigenvalue weighted by Gasteiger charge is -1.97. The molecule has 3 heteroatoms. The van der Waals surface area contributed by atoms with E-state index in [2.05, 4.69) is 22.6 Å². The summed E-state index contributed by atoms with van der Waals surface area (Å²) in [4.78, 5) is 4.33. The Morgan fingerprint density at radius 1 is 1.75 bits per heavy atom. The smallest absolute Gasteiger partial charge is 0.0794 e. The van der Waals surface area contributed by atoms with Gasteiger partial charge in [0.05, 0.1) is 11.2 Å². The molecule has 1 aromatic rings. The van der Waals surface area contributed by atoms with Crippen molar-refractivity contribution in [1.29, 1.82) is 0 Å². The number of nitrogens with one attached hydrogen (secondary N) is 1. The summed E-state index contributed by atoms with van der Waals surface area (Å²) in [5.74, 6) is 1.61. The van der Waals surface area contributed by atoms with E-state index in [0.717, 1.165) is 18.4 Å². The third-order valence-electron chi connectivity index (χ3n) is 2.41. The van der Waals surface area contributed by atoms with Crippen LogP contribution in [0.25, 0.3) is 0 Å². The quantitative estimate of drug-likeness (QED) is 0.768. The SMILES string of the molecule is CCNCC1CC1c1cscn1. The van der Waals surface area contributed by atoms with E-state index in [9.17, 15) is 0 Å². The van der Waals surface area contributed by atoms with Crippen LogP contribution in [0, 0.1) is 5.92 Å². The van der Waals surface area contributed by atoms with E-state index in [0.29, 0.717) is 0 Å². The maximum absolute atomic E-state index is 4.33. The predicted molar refractivity (Wildman–Crippen MR) is 51.5 cm³/mol. The van der Waals surface area contributed by atoms with Crippen LogP contribution in [-0.2, 0) is 0 Å². The molecule has 1 aliphatic carbocycles. The highest BCUT2D eigenvalue weighted by Crippen LogP contribution is 2.46. The van der Waals surface area contributed by atoms with Gasteiger partial charge in [0.15, 0.2) is 0 Å². The maximum atomic E-state index is 4.33. The summed E-state index contributed by atoms with van der Waals surface area (Å²) in [6, 6.07) is 0. The van der Waals surface area contributed by atoms with Gasteiger partial charge >= 0.3 is 0 Å². The minimum atomic E-state index is 0.760. The van der Waals surface area contributed by atoms with Crippen molar-refractivity contribution in [3.8, 4) is 0 Å². The lowest BCUT2D eigenvalue weighted by atomic mass is 10.2. The lowest BCUT2D eigenvalue weighted by molar-refractivity contribution is 0.647. The molecule has 0 saturated heterocycles. The number of thiazole rings is 1. The molecular formula is C9H14N2S. The Bertz CT molecular complexity index is 233. The first-order valence-electron chi connectivity index (χ1n) is 4.50. The standard InChI is InChI=1S/C9H14N2S/c1-2-10-4-7-3-8(7)9-5-12-6-11-9/h5-8,10H,2-4H2,1H3. The van der Waals surface area contributed by atoms with Gasteiger partial charge in [-0.05, 0) is 25.4 Å². The topological polar surface area (TPSA) is 24.9 Å². The van der Waals surface area contributed by atoms with Gasteiger partial charge in [-0.1, -0.05) is 6.92 Å². The van der Waals surface area contributed by atoms with Crippen LogP contribution in [0.3, 0.4) is 0 Å². The minimum absolute atomic E-state index is 0.760. The van der Waals surface area contributed by atoms with Crippen molar-refractivity contribution in [2.75, 3.05) is 13.1 Å². The molecule has 2 unspecified atom stereocenters. The Morgan fingerprint density at radius 2 is 2.67 bits per heavy atom. The first-order chi connectivity index (χ1) is 5.92. The highest BCUT2D eigenvalue weighted by atomic mass is 32.1. The molecule has 12 heavy (non-hydrogen) atoms. The Kier molecular flexibility index (Phi) is 2.42. The van der Waals surface area contributed by atoms with Crippen LogP contribution in [0.1, 0.15) is 25.0 Å². The molecule has 2 atom stereocenters. The van der Waals surface area contributed by atoms with Crippen molar-refractivity contribution >= 4 is 11.3 Å². The van der Waals surface area contributed by atoms with Crippen LogP contribution in [0.2, 0.25) is 0 Å². The van der Waals surface area contributed by atoms with E-state index in [1.807, 2.05) is 5.51 Å². The molecule has 0 amide bonds. The van der Waals surface area contributed by atoms with E-state index >= 15 is 0 Å². The fourth-order valence-electron chi connectivity index (χ4n) is 1.57. The predicted octanol–water partition coefficient (Wildman–Crippen LogP) is 1.86. The molecule has 1 N–H and O–H groups in total. The second-order valence-corrected chi connectivity index (χ2v) is 4.04. The van der Waals surface area contributed by atoms with Crippen molar-refractivity contribution in [1.82, 2.24) is 10.3 Å². The third kappa shape index (κ3) is 1.67. The second kappa shape index (κ2) is 3.54. The molecule has 0 aliphatic heterocycles. The van der Waals surface area contributed by atoms with Crippen LogP contribution in [0.5, 0.6) is 0 Å². The van der Waals surface area contributed by atoms with Crippen molar-refractivity contribution < 1.29 is 0 Å². The molecule has 1 aliphatic rings. The summed E-state index contributed by atoms with van der Waals surface area (Å²) in [6.07, 6.45) is 1.33. The average molecular weight is 182 g/mol. The van der Waals surface area contributed by atoms with Crippen molar-refractivity contribution in [3.63, 3.8) is 0 Å². The molecule has 1 aromatic heterocycles. The van der Waals surface area contributed by atoms with Crippen LogP contribution in [0.15, 0.2) is 10.9 Å². The zero-order chi connectivity index (χ0) is 8.39. The summed E-state index contributed by atoms with van der Waals surface area (Å²) in [5, 5.41) is 5.55. The number of rotatable bonds is 4. The van der Waals surface area contributed by atoms with Gasteiger partial charge in [0.1, 0.15) is 0 Å². The summed E-state index contributed by atoms with van der Waals surface area (Å²) >= 11 is 1.70. The number of hydrogen-bond donors (Lipinski definition) is 1. The zero-order valence-corrected chi connectivity index (χ0v) is 8.10. The van der Waals surface area contributed by atoms with E-state index in [1.54, 1.807) is 11.3 Å². The fraction of sp³-hybridized carbons (Fsp3) is 0.667. The Morgan fingerprint density at radius 3 is 3.33 bits per heavy atom. The molecule has 0 aromatic carbocycles. The highest BCUT2D eigenvalue weighted by molar-refractivity contribution is 7.07. The molecule has 0 radical (unpaired) electrons. The molecule has 0 spiro atoms. The van der Waals surface area contributed by atoms with Crippen molar-refractivity contribution in [2.24, 2.45) is 5.92 Å². The molecule has 1 heterocycles. The molecule has 2 rings (SSSR count). The lowest BCUT2D eigenvalue weighted by Crippen LogP contribution is -2.16. The molecular weight excluding hydrogens is 168 g/mol. The van der Waals surface area contributed by atoms with Crippen LogP contribution in [0.4, 0.5) is 0 Å². The Hall–Kier alpha value is -0.410. The van der Waals surface area contributed by atoms with E-state index in [4.69, 9.17) is 0 Å². The van der Waals surface area contributed by atoms with Gasteiger partial charge in [-0.25, -0.2) is 4.98 Å². The number of nitrogens with zero attached hydrogens (tertiary/aromatic N) is 1. The maximum Gasteiger partial charge on any atom is 0.0794 e. The van der Waals surface area contributed by atoms with E-state index < -0.39 is 0 Å². The average Bonchev–Trinajstić information content (AvgIpc) is 2.64. The Labute approximate surface area is 77.0 Å². The Balaban J connectivity index is 1.81. The highest BCUT2D eigenvalue weighted by Gasteiger charge is 2.38. The summed E-state index contributed by atoms with van der Waals surface area (Å²) in [7, 11) is 0. The van der Waals surface area contributed by atoms with E-state index in [-0.39, 0.29) is 0 Å². The first kappa shape index (κ1) is 8.20. The zero-order valence-electron chi connectivity index (χ0n) is 7.29. The second-order valence-electron chi connectivity index (χ2n) is 3.32. The van der Waals surface area contributed by atoms with Crippen LogP contribution < -0.4 is 5.32 Å². The largest absolute Gasteiger partial charge is 0.317 e. The van der Waals surface area contributed by atoms with E-state index in [1.165, 1.54) is 18.7 Å². The number of aromatic nitrogens is 1.